The molecule has 2 aromatic heterocycles. The third kappa shape index (κ3) is 5.47. The largest absolute Gasteiger partial charge is 0.324 e. The topological polar surface area (TPSA) is 104 Å². The summed E-state index contributed by atoms with van der Waals surface area (Å²) in [7, 11) is -3.44. The van der Waals surface area contributed by atoms with Crippen LogP contribution in [0.3, 0.4) is 0 Å². The minimum absolute atomic E-state index is 0.309. The highest BCUT2D eigenvalue weighted by molar-refractivity contribution is 7.89. The van der Waals surface area contributed by atoms with Crippen LogP contribution in [0.4, 0.5) is 11.6 Å². The van der Waals surface area contributed by atoms with Crippen LogP contribution in [0, 0.1) is 0 Å². The average Bonchev–Trinajstić information content (AvgIpc) is 3.45. The predicted molar refractivity (Wildman–Crippen MR) is 137 cm³/mol. The third-order valence-electron chi connectivity index (χ3n) is 5.95. The molecule has 0 saturated carbocycles. The van der Waals surface area contributed by atoms with Crippen molar-refractivity contribution in [1.29, 1.82) is 0 Å². The summed E-state index contributed by atoms with van der Waals surface area (Å²) in [6.45, 7) is 1.18. The van der Waals surface area contributed by atoms with Gasteiger partial charge in [-0.25, -0.2) is 18.4 Å². The van der Waals surface area contributed by atoms with Gasteiger partial charge in [-0.1, -0.05) is 42.8 Å². The van der Waals surface area contributed by atoms with Crippen LogP contribution in [0.25, 0.3) is 23.3 Å². The lowest BCUT2D eigenvalue weighted by Gasteiger charge is -2.25. The van der Waals surface area contributed by atoms with E-state index < -0.39 is 10.0 Å². The normalized spacial score (nSPS) is 14.9. The molecule has 9 heteroatoms. The second-order valence-corrected chi connectivity index (χ2v) is 10.3. The van der Waals surface area contributed by atoms with Crippen LogP contribution >= 0.6 is 0 Å². The molecule has 1 aliphatic rings. The first-order valence-electron chi connectivity index (χ1n) is 11.5. The number of aromatic nitrogens is 4. The van der Waals surface area contributed by atoms with Gasteiger partial charge in [0.25, 0.3) is 0 Å². The molecule has 178 valence electrons. The van der Waals surface area contributed by atoms with E-state index in [2.05, 4.69) is 37.6 Å². The summed E-state index contributed by atoms with van der Waals surface area (Å²) in [5.41, 5.74) is 4.82. The number of benzene rings is 2. The summed E-state index contributed by atoms with van der Waals surface area (Å²) in [6.07, 6.45) is 14.0. The first kappa shape index (κ1) is 22.9. The molecule has 0 amide bonds. The highest BCUT2D eigenvalue weighted by Crippen LogP contribution is 2.23. The highest BCUT2D eigenvalue weighted by Gasteiger charge is 2.25. The number of nitrogens with zero attached hydrogens (tertiary/aromatic N) is 4. The summed E-state index contributed by atoms with van der Waals surface area (Å²) in [5.74, 6) is 0.443. The molecule has 0 spiro atoms. The van der Waals surface area contributed by atoms with Crippen molar-refractivity contribution in [3.63, 3.8) is 0 Å². The zero-order valence-corrected chi connectivity index (χ0v) is 19.9. The molecule has 1 fully saturated rings. The van der Waals surface area contributed by atoms with Gasteiger partial charge in [0.1, 0.15) is 0 Å². The van der Waals surface area contributed by atoms with Gasteiger partial charge >= 0.3 is 0 Å². The molecule has 3 heterocycles. The van der Waals surface area contributed by atoms with Gasteiger partial charge in [-0.3, -0.25) is 5.10 Å². The van der Waals surface area contributed by atoms with E-state index in [1.54, 1.807) is 47.2 Å². The van der Waals surface area contributed by atoms with Gasteiger partial charge in [-0.15, -0.1) is 0 Å². The van der Waals surface area contributed by atoms with Crippen molar-refractivity contribution in [3.05, 3.63) is 84.4 Å². The zero-order chi connectivity index (χ0) is 24.1. The number of sulfonamides is 1. The van der Waals surface area contributed by atoms with Crippen molar-refractivity contribution in [1.82, 2.24) is 24.5 Å². The number of rotatable bonds is 7. The number of hydrogen-bond acceptors (Lipinski definition) is 6. The van der Waals surface area contributed by atoms with Gasteiger partial charge in [0.2, 0.25) is 16.0 Å². The van der Waals surface area contributed by atoms with Crippen LogP contribution < -0.4 is 5.32 Å². The molecule has 0 unspecified atom stereocenters. The second kappa shape index (κ2) is 10.2. The first-order chi connectivity index (χ1) is 17.1. The van der Waals surface area contributed by atoms with Crippen LogP contribution in [0.2, 0.25) is 0 Å². The van der Waals surface area contributed by atoms with Crippen LogP contribution in [0.5, 0.6) is 0 Å². The van der Waals surface area contributed by atoms with Crippen LogP contribution in [-0.2, 0) is 10.0 Å². The van der Waals surface area contributed by atoms with Gasteiger partial charge in [0.05, 0.1) is 11.1 Å². The number of anilines is 2. The molecule has 4 aromatic rings. The fraction of sp³-hybridized carbons (Fsp3) is 0.192. The van der Waals surface area contributed by atoms with Gasteiger partial charge in [-0.05, 0) is 48.2 Å². The summed E-state index contributed by atoms with van der Waals surface area (Å²) in [5, 5.41) is 9.92. The van der Waals surface area contributed by atoms with E-state index in [0.29, 0.717) is 23.9 Å². The SMILES string of the molecule is O=S(=O)(c1ccc(Nc2ncc(C=Cc3ccc(-c4cn[nH]c4)cc3)cn2)cc1)N1CCCCC1. The Morgan fingerprint density at radius 2 is 1.49 bits per heavy atom. The number of piperidine rings is 1. The fourth-order valence-electron chi connectivity index (χ4n) is 3.97. The number of aromatic amines is 1. The molecule has 5 rings (SSSR count). The summed E-state index contributed by atoms with van der Waals surface area (Å²) >= 11 is 0. The molecule has 0 aliphatic carbocycles. The fourth-order valence-corrected chi connectivity index (χ4v) is 5.49. The van der Waals surface area contributed by atoms with Crippen LogP contribution in [0.15, 0.2) is 78.2 Å². The third-order valence-corrected chi connectivity index (χ3v) is 7.86. The Hall–Kier alpha value is -3.82. The Labute approximate surface area is 204 Å². The van der Waals surface area contributed by atoms with Crippen molar-refractivity contribution in [3.8, 4) is 11.1 Å². The Balaban J connectivity index is 1.20. The molecule has 2 N–H and O–H groups in total. The lowest BCUT2D eigenvalue weighted by atomic mass is 10.1. The molecule has 0 bridgehead atoms. The van der Waals surface area contributed by atoms with E-state index in [9.17, 15) is 8.42 Å². The smallest absolute Gasteiger partial charge is 0.243 e. The molecule has 0 radical (unpaired) electrons. The number of hydrogen-bond donors (Lipinski definition) is 2. The highest BCUT2D eigenvalue weighted by atomic mass is 32.2. The molecule has 35 heavy (non-hydrogen) atoms. The number of H-pyrrole nitrogens is 1. The van der Waals surface area contributed by atoms with E-state index in [1.165, 1.54) is 0 Å². The van der Waals surface area contributed by atoms with Gasteiger partial charge < -0.3 is 5.32 Å². The van der Waals surface area contributed by atoms with Crippen molar-refractivity contribution < 1.29 is 8.42 Å². The Morgan fingerprint density at radius 3 is 2.14 bits per heavy atom. The Kier molecular flexibility index (Phi) is 6.69. The standard InChI is InChI=1S/C26H26N6O2S/c33-35(34,32-14-2-1-3-15-32)25-12-10-24(11-13-25)31-26-27-16-21(17-28-26)5-4-20-6-8-22(9-7-20)23-18-29-30-19-23/h4-13,16-19H,1-3,14-15H2,(H,29,30)(H,27,28,31). The van der Waals surface area contributed by atoms with Gasteiger partial charge in [-0.2, -0.15) is 9.40 Å². The van der Waals surface area contributed by atoms with E-state index in [0.717, 1.165) is 47.2 Å². The molecule has 0 atom stereocenters. The molecule has 1 saturated heterocycles. The van der Waals surface area contributed by atoms with Crippen molar-refractivity contribution in [2.24, 2.45) is 0 Å². The number of nitrogens with one attached hydrogen (secondary N) is 2. The maximum absolute atomic E-state index is 12.8. The van der Waals surface area contributed by atoms with Crippen molar-refractivity contribution in [2.75, 3.05) is 18.4 Å². The maximum atomic E-state index is 12.8. The molecule has 8 nitrogen and oxygen atoms in total. The molecule has 2 aromatic carbocycles. The lowest BCUT2D eigenvalue weighted by Crippen LogP contribution is -2.35. The lowest BCUT2D eigenvalue weighted by molar-refractivity contribution is 0.346. The summed E-state index contributed by atoms with van der Waals surface area (Å²) in [4.78, 5) is 9.05. The van der Waals surface area contributed by atoms with Crippen LogP contribution in [0.1, 0.15) is 30.4 Å². The monoisotopic (exact) mass is 486 g/mol. The molecular weight excluding hydrogens is 460 g/mol. The van der Waals surface area contributed by atoms with Gasteiger partial charge in [0.15, 0.2) is 0 Å². The first-order valence-corrected chi connectivity index (χ1v) is 13.0. The van der Waals surface area contributed by atoms with Crippen molar-refractivity contribution in [2.45, 2.75) is 24.2 Å². The van der Waals surface area contributed by atoms with E-state index in [-0.39, 0.29) is 0 Å². The predicted octanol–water partition coefficient (Wildman–Crippen LogP) is 4.96. The summed E-state index contributed by atoms with van der Waals surface area (Å²) < 4.78 is 27.2. The van der Waals surface area contributed by atoms with E-state index in [4.69, 9.17) is 0 Å². The Bertz CT molecular complexity index is 1380. The van der Waals surface area contributed by atoms with Crippen molar-refractivity contribution >= 4 is 33.8 Å². The maximum Gasteiger partial charge on any atom is 0.243 e. The van der Waals surface area contributed by atoms with Gasteiger partial charge in [0, 0.05) is 48.5 Å². The minimum atomic E-state index is -3.44. The van der Waals surface area contributed by atoms with E-state index in [1.807, 2.05) is 30.5 Å². The minimum Gasteiger partial charge on any atom is -0.324 e. The average molecular weight is 487 g/mol. The van der Waals surface area contributed by atoms with E-state index >= 15 is 0 Å². The molecule has 1 aliphatic heterocycles. The summed E-state index contributed by atoms with van der Waals surface area (Å²) in [6, 6.07) is 14.9. The van der Waals surface area contributed by atoms with Crippen LogP contribution in [-0.4, -0.2) is 46.0 Å². The second-order valence-electron chi connectivity index (χ2n) is 8.40. The Morgan fingerprint density at radius 1 is 0.800 bits per heavy atom. The zero-order valence-electron chi connectivity index (χ0n) is 19.1. The quantitative estimate of drug-likeness (QED) is 0.383. The molecular formula is C26H26N6O2S.